The van der Waals surface area contributed by atoms with Crippen LogP contribution in [0.25, 0.3) is 0 Å². The number of carbonyl (C=O) groups excluding carboxylic acids is 1. The maximum absolute atomic E-state index is 12.8. The quantitative estimate of drug-likeness (QED) is 0.695. The number of nitrogens with zero attached hydrogens (tertiary/aromatic N) is 3. The van der Waals surface area contributed by atoms with Crippen molar-refractivity contribution in [2.45, 2.75) is 25.8 Å². The van der Waals surface area contributed by atoms with Gasteiger partial charge in [0.25, 0.3) is 0 Å². The second-order valence-electron chi connectivity index (χ2n) is 7.63. The average molecular weight is 378 g/mol. The first-order valence-corrected chi connectivity index (χ1v) is 9.86. The minimum absolute atomic E-state index is 0.0652. The van der Waals surface area contributed by atoms with E-state index in [9.17, 15) is 4.79 Å². The van der Waals surface area contributed by atoms with Gasteiger partial charge in [-0.15, -0.1) is 0 Å². The number of hydrogen-bond acceptors (Lipinski definition) is 5. The summed E-state index contributed by atoms with van der Waals surface area (Å²) in [6.45, 7) is 5.53. The third kappa shape index (κ3) is 6.70. The number of likely N-dealkylation sites (N-methyl/N-ethyl adjacent to an activating group) is 3. The molecule has 2 atom stereocenters. The Bertz CT molecular complexity index is 577. The van der Waals surface area contributed by atoms with Crippen LogP contribution in [0.2, 0.25) is 0 Å². The largest absolute Gasteiger partial charge is 0.494 e. The summed E-state index contributed by atoms with van der Waals surface area (Å²) < 4.78 is 11.2. The number of carbonyl (C=O) groups is 1. The normalized spacial score (nSPS) is 21.0. The van der Waals surface area contributed by atoms with Crippen LogP contribution in [0.1, 0.15) is 19.8 Å². The molecule has 6 nitrogen and oxygen atoms in total. The molecule has 0 saturated carbocycles. The van der Waals surface area contributed by atoms with Gasteiger partial charge in [-0.25, -0.2) is 0 Å². The van der Waals surface area contributed by atoms with Crippen molar-refractivity contribution in [3.8, 4) is 11.5 Å². The minimum Gasteiger partial charge on any atom is -0.494 e. The fourth-order valence-corrected chi connectivity index (χ4v) is 3.53. The van der Waals surface area contributed by atoms with E-state index < -0.39 is 0 Å². The van der Waals surface area contributed by atoms with Crippen molar-refractivity contribution in [3.05, 3.63) is 24.3 Å². The summed E-state index contributed by atoms with van der Waals surface area (Å²) >= 11 is 0. The van der Waals surface area contributed by atoms with Gasteiger partial charge in [-0.1, -0.05) is 0 Å². The molecule has 152 valence electrons. The van der Waals surface area contributed by atoms with Crippen LogP contribution in [-0.2, 0) is 4.79 Å². The first-order chi connectivity index (χ1) is 12.9. The summed E-state index contributed by atoms with van der Waals surface area (Å²) in [4.78, 5) is 19.2. The Kier molecular flexibility index (Phi) is 8.38. The lowest BCUT2D eigenvalue weighted by Crippen LogP contribution is -2.40. The van der Waals surface area contributed by atoms with E-state index in [0.717, 1.165) is 37.4 Å². The van der Waals surface area contributed by atoms with Gasteiger partial charge in [0.1, 0.15) is 18.1 Å². The molecular weight excluding hydrogens is 342 g/mol. The van der Waals surface area contributed by atoms with E-state index in [1.807, 2.05) is 43.1 Å². The van der Waals surface area contributed by atoms with Gasteiger partial charge in [0.15, 0.2) is 0 Å². The van der Waals surface area contributed by atoms with Crippen molar-refractivity contribution in [2.24, 2.45) is 5.92 Å². The molecule has 0 N–H and O–H groups in total. The van der Waals surface area contributed by atoms with E-state index in [0.29, 0.717) is 25.8 Å². The third-order valence-electron chi connectivity index (χ3n) is 5.19. The van der Waals surface area contributed by atoms with Gasteiger partial charge in [0, 0.05) is 26.2 Å². The maximum atomic E-state index is 12.8. The Labute approximate surface area is 164 Å². The standard InChI is InChI=1S/C21H35N3O3/c1-6-26-19-9-11-20(12-10-19)27-14-13-24(5)21(25)17-7-8-18(22(2)3)16-23(4)15-17/h9-12,17-18H,6-8,13-16H2,1-5H3/t17-,18+/m1/s1. The molecule has 1 aliphatic rings. The Hall–Kier alpha value is -1.79. The first kappa shape index (κ1) is 21.5. The van der Waals surface area contributed by atoms with E-state index in [2.05, 4.69) is 30.9 Å². The molecule has 0 spiro atoms. The highest BCUT2D eigenvalue weighted by atomic mass is 16.5. The summed E-state index contributed by atoms with van der Waals surface area (Å²) in [6.07, 6.45) is 2.00. The van der Waals surface area contributed by atoms with Crippen LogP contribution < -0.4 is 9.47 Å². The Morgan fingerprint density at radius 1 is 1.07 bits per heavy atom. The number of likely N-dealkylation sites (tertiary alicyclic amines) is 1. The van der Waals surface area contributed by atoms with Crippen LogP contribution in [0.3, 0.4) is 0 Å². The Balaban J connectivity index is 1.79. The summed E-state index contributed by atoms with van der Waals surface area (Å²) in [6, 6.07) is 8.11. The molecule has 1 aromatic rings. The highest BCUT2D eigenvalue weighted by Crippen LogP contribution is 2.20. The second kappa shape index (κ2) is 10.5. The van der Waals surface area contributed by atoms with E-state index in [4.69, 9.17) is 9.47 Å². The SMILES string of the molecule is CCOc1ccc(OCCN(C)C(=O)[C@@H]2CC[C@H](N(C)C)CN(C)C2)cc1. The van der Waals surface area contributed by atoms with Gasteiger partial charge in [-0.3, -0.25) is 4.79 Å². The summed E-state index contributed by atoms with van der Waals surface area (Å²) in [7, 11) is 8.21. The van der Waals surface area contributed by atoms with Gasteiger partial charge >= 0.3 is 0 Å². The van der Waals surface area contributed by atoms with Crippen LogP contribution in [0, 0.1) is 5.92 Å². The van der Waals surface area contributed by atoms with E-state index >= 15 is 0 Å². The molecule has 0 bridgehead atoms. The lowest BCUT2D eigenvalue weighted by Gasteiger charge is -2.26. The molecule has 0 aromatic heterocycles. The molecule has 1 aliphatic heterocycles. The van der Waals surface area contributed by atoms with Crippen LogP contribution in [-0.4, -0.2) is 87.7 Å². The van der Waals surface area contributed by atoms with Crippen molar-refractivity contribution in [2.75, 3.05) is 61.0 Å². The van der Waals surface area contributed by atoms with Crippen LogP contribution >= 0.6 is 0 Å². The molecule has 1 amide bonds. The van der Waals surface area contributed by atoms with Crippen molar-refractivity contribution < 1.29 is 14.3 Å². The number of hydrogen-bond donors (Lipinski definition) is 0. The summed E-state index contributed by atoms with van der Waals surface area (Å²) in [5, 5.41) is 0. The van der Waals surface area contributed by atoms with Crippen molar-refractivity contribution in [1.82, 2.24) is 14.7 Å². The number of ether oxygens (including phenoxy) is 2. The molecule has 1 heterocycles. The molecule has 0 radical (unpaired) electrons. The van der Waals surface area contributed by atoms with Crippen LogP contribution in [0.4, 0.5) is 0 Å². The highest BCUT2D eigenvalue weighted by Gasteiger charge is 2.29. The zero-order valence-corrected chi connectivity index (χ0v) is 17.5. The van der Waals surface area contributed by atoms with Crippen molar-refractivity contribution in [3.63, 3.8) is 0 Å². The van der Waals surface area contributed by atoms with E-state index in [1.54, 1.807) is 0 Å². The Morgan fingerprint density at radius 3 is 2.30 bits per heavy atom. The van der Waals surface area contributed by atoms with E-state index in [-0.39, 0.29) is 11.8 Å². The Morgan fingerprint density at radius 2 is 1.70 bits per heavy atom. The zero-order chi connectivity index (χ0) is 19.8. The first-order valence-electron chi connectivity index (χ1n) is 9.86. The zero-order valence-electron chi connectivity index (χ0n) is 17.5. The molecular formula is C21H35N3O3. The maximum Gasteiger partial charge on any atom is 0.226 e. The predicted octanol–water partition coefficient (Wildman–Crippen LogP) is 2.19. The number of rotatable bonds is 8. The molecule has 2 rings (SSSR count). The highest BCUT2D eigenvalue weighted by molar-refractivity contribution is 5.78. The van der Waals surface area contributed by atoms with Crippen LogP contribution in [0.15, 0.2) is 24.3 Å². The van der Waals surface area contributed by atoms with Gasteiger partial charge in [-0.2, -0.15) is 0 Å². The molecule has 1 saturated heterocycles. The molecule has 0 aliphatic carbocycles. The van der Waals surface area contributed by atoms with Gasteiger partial charge in [0.2, 0.25) is 5.91 Å². The summed E-state index contributed by atoms with van der Waals surface area (Å²) in [5.74, 6) is 1.92. The van der Waals surface area contributed by atoms with E-state index in [1.165, 1.54) is 0 Å². The van der Waals surface area contributed by atoms with Crippen molar-refractivity contribution >= 4 is 5.91 Å². The van der Waals surface area contributed by atoms with Gasteiger partial charge in [-0.05, 0) is 65.2 Å². The topological polar surface area (TPSA) is 45.3 Å². The van der Waals surface area contributed by atoms with Gasteiger partial charge in [0.05, 0.1) is 19.1 Å². The number of amides is 1. The lowest BCUT2D eigenvalue weighted by atomic mass is 10.00. The lowest BCUT2D eigenvalue weighted by molar-refractivity contribution is -0.135. The summed E-state index contributed by atoms with van der Waals surface area (Å²) in [5.41, 5.74) is 0. The average Bonchev–Trinajstić information content (AvgIpc) is 2.84. The molecule has 1 fully saturated rings. The van der Waals surface area contributed by atoms with Crippen LogP contribution in [0.5, 0.6) is 11.5 Å². The van der Waals surface area contributed by atoms with Gasteiger partial charge < -0.3 is 24.2 Å². The molecule has 27 heavy (non-hydrogen) atoms. The molecule has 1 aromatic carbocycles. The van der Waals surface area contributed by atoms with Crippen molar-refractivity contribution in [1.29, 1.82) is 0 Å². The predicted molar refractivity (Wildman–Crippen MR) is 108 cm³/mol. The smallest absolute Gasteiger partial charge is 0.226 e. The minimum atomic E-state index is 0.0652. The third-order valence-corrected chi connectivity index (χ3v) is 5.19. The second-order valence-corrected chi connectivity index (χ2v) is 7.63. The monoisotopic (exact) mass is 377 g/mol. The fraction of sp³-hybridized carbons (Fsp3) is 0.667. The number of benzene rings is 1. The molecule has 6 heteroatoms. The fourth-order valence-electron chi connectivity index (χ4n) is 3.53. The molecule has 0 unspecified atom stereocenters.